The van der Waals surface area contributed by atoms with Crippen LogP contribution in [-0.2, 0) is 14.2 Å². The molecule has 0 unspecified atom stereocenters. The molecule has 12 nitrogen and oxygen atoms in total. The van der Waals surface area contributed by atoms with Gasteiger partial charge in [0.1, 0.15) is 30.5 Å². The molecule has 2 aliphatic heterocycles. The van der Waals surface area contributed by atoms with Crippen LogP contribution < -0.4 is 9.47 Å². The topological polar surface area (TPSA) is 188 Å². The summed E-state index contributed by atoms with van der Waals surface area (Å²) in [7, 11) is 2.78. The molecule has 2 saturated heterocycles. The minimum Gasteiger partial charge on any atom is -0.504 e. The van der Waals surface area contributed by atoms with Crippen LogP contribution in [0.4, 0.5) is 0 Å². The smallest absolute Gasteiger partial charge is 0.187 e. The summed E-state index contributed by atoms with van der Waals surface area (Å²) in [6.07, 6.45) is -10.2. The van der Waals surface area contributed by atoms with Crippen molar-refractivity contribution in [2.24, 2.45) is 5.92 Å². The van der Waals surface area contributed by atoms with E-state index in [2.05, 4.69) is 0 Å². The van der Waals surface area contributed by atoms with Gasteiger partial charge in [0, 0.05) is 5.92 Å². The first-order valence-electron chi connectivity index (χ1n) is 11.7. The van der Waals surface area contributed by atoms with Crippen LogP contribution >= 0.6 is 0 Å². The standard InChI is InChI=1S/C25H32O12/c1-33-16-7-11(3-5-14(16)28)22-13(9-26)24(23(36-22)12-4-6-15(29)17(8-12)34-2)37-25-21(32)20(31)19(30)18(10-27)35-25/h3-8,13,18-32H,9-10H2,1-2H3/t13-,18+,19+,20-,21+,22-,23-,24+,25-/m0/s1. The number of ether oxygens (including phenoxy) is 5. The molecule has 0 spiro atoms. The number of phenolic OH excluding ortho intramolecular Hbond substituents is 2. The lowest BCUT2D eigenvalue weighted by Gasteiger charge is -2.41. The first-order chi connectivity index (χ1) is 17.7. The van der Waals surface area contributed by atoms with Crippen LogP contribution in [0.2, 0.25) is 0 Å². The molecule has 2 fully saturated rings. The Hall–Kier alpha value is -2.68. The largest absolute Gasteiger partial charge is 0.504 e. The lowest BCUT2D eigenvalue weighted by Crippen LogP contribution is -2.60. The van der Waals surface area contributed by atoms with Crippen molar-refractivity contribution < 1.29 is 59.4 Å². The van der Waals surface area contributed by atoms with Gasteiger partial charge in [0.25, 0.3) is 0 Å². The van der Waals surface area contributed by atoms with E-state index in [0.29, 0.717) is 11.1 Å². The van der Waals surface area contributed by atoms with E-state index in [1.807, 2.05) is 0 Å². The zero-order chi connectivity index (χ0) is 26.9. The zero-order valence-electron chi connectivity index (χ0n) is 20.2. The van der Waals surface area contributed by atoms with Crippen LogP contribution in [0.25, 0.3) is 0 Å². The van der Waals surface area contributed by atoms with Crippen LogP contribution in [0.5, 0.6) is 23.0 Å². The lowest BCUT2D eigenvalue weighted by molar-refractivity contribution is -0.317. The number of benzene rings is 2. The van der Waals surface area contributed by atoms with Gasteiger partial charge < -0.3 is 59.4 Å². The van der Waals surface area contributed by atoms with Crippen LogP contribution in [0.1, 0.15) is 23.3 Å². The third-order valence-corrected chi connectivity index (χ3v) is 6.82. The fourth-order valence-corrected chi connectivity index (χ4v) is 4.78. The van der Waals surface area contributed by atoms with Crippen LogP contribution in [0.3, 0.4) is 0 Å². The Morgan fingerprint density at radius 2 is 1.30 bits per heavy atom. The van der Waals surface area contributed by atoms with E-state index in [9.17, 15) is 35.7 Å². The molecule has 0 aliphatic carbocycles. The first-order valence-corrected chi connectivity index (χ1v) is 11.7. The molecule has 2 aromatic carbocycles. The molecule has 2 aromatic rings. The average molecular weight is 525 g/mol. The predicted molar refractivity (Wildman–Crippen MR) is 125 cm³/mol. The molecule has 37 heavy (non-hydrogen) atoms. The molecule has 12 heteroatoms. The molecular formula is C25H32O12. The molecule has 4 rings (SSSR count). The summed E-state index contributed by atoms with van der Waals surface area (Å²) in [6, 6.07) is 9.13. The third kappa shape index (κ3) is 5.19. The summed E-state index contributed by atoms with van der Waals surface area (Å²) in [5, 5.41) is 70.9. The van der Waals surface area contributed by atoms with Crippen LogP contribution in [0.15, 0.2) is 36.4 Å². The van der Waals surface area contributed by atoms with Gasteiger partial charge in [-0.3, -0.25) is 0 Å². The van der Waals surface area contributed by atoms with E-state index in [4.69, 9.17) is 23.7 Å². The van der Waals surface area contributed by atoms with Gasteiger partial charge in [0.15, 0.2) is 29.3 Å². The average Bonchev–Trinajstić information content (AvgIpc) is 3.27. The Bertz CT molecular complexity index is 1060. The second kappa shape index (κ2) is 11.4. The van der Waals surface area contributed by atoms with Crippen molar-refractivity contribution in [2.75, 3.05) is 27.4 Å². The molecule has 2 aliphatic rings. The molecule has 9 atom stereocenters. The minimum atomic E-state index is -1.67. The summed E-state index contributed by atoms with van der Waals surface area (Å²) in [4.78, 5) is 0. The van der Waals surface area contributed by atoms with Gasteiger partial charge in [-0.05, 0) is 35.4 Å². The first kappa shape index (κ1) is 27.4. The van der Waals surface area contributed by atoms with Crippen molar-refractivity contribution in [2.45, 2.75) is 49.0 Å². The number of aliphatic hydroxyl groups excluding tert-OH is 5. The Morgan fingerprint density at radius 1 is 0.730 bits per heavy atom. The van der Waals surface area contributed by atoms with Crippen molar-refractivity contribution in [3.63, 3.8) is 0 Å². The maximum atomic E-state index is 10.6. The van der Waals surface area contributed by atoms with Gasteiger partial charge in [0.2, 0.25) is 0 Å². The molecule has 0 bridgehead atoms. The monoisotopic (exact) mass is 524 g/mol. The zero-order valence-corrected chi connectivity index (χ0v) is 20.2. The normalized spacial score (nSPS) is 33.9. The molecule has 7 N–H and O–H groups in total. The summed E-state index contributed by atoms with van der Waals surface area (Å²) < 4.78 is 28.4. The Kier molecular flexibility index (Phi) is 8.41. The fourth-order valence-electron chi connectivity index (χ4n) is 4.78. The van der Waals surface area contributed by atoms with Crippen LogP contribution in [-0.4, -0.2) is 100.0 Å². The quantitative estimate of drug-likeness (QED) is 0.240. The molecule has 0 saturated carbocycles. The molecule has 0 radical (unpaired) electrons. The van der Waals surface area contributed by atoms with Gasteiger partial charge >= 0.3 is 0 Å². The molecule has 0 amide bonds. The van der Waals surface area contributed by atoms with E-state index < -0.39 is 68.1 Å². The van der Waals surface area contributed by atoms with E-state index in [0.717, 1.165) is 0 Å². The van der Waals surface area contributed by atoms with Crippen molar-refractivity contribution in [1.29, 1.82) is 0 Å². The van der Waals surface area contributed by atoms with Crippen molar-refractivity contribution >= 4 is 0 Å². The third-order valence-electron chi connectivity index (χ3n) is 6.82. The van der Waals surface area contributed by atoms with E-state index in [-0.39, 0.29) is 23.0 Å². The number of aliphatic hydroxyl groups is 5. The fraction of sp³-hybridized carbons (Fsp3) is 0.520. The Labute approximate surface area is 212 Å². The highest BCUT2D eigenvalue weighted by atomic mass is 16.7. The lowest BCUT2D eigenvalue weighted by atomic mass is 9.90. The Morgan fingerprint density at radius 3 is 1.81 bits per heavy atom. The van der Waals surface area contributed by atoms with Gasteiger partial charge in [-0.15, -0.1) is 0 Å². The highest BCUT2D eigenvalue weighted by Crippen LogP contribution is 2.49. The summed E-state index contributed by atoms with van der Waals surface area (Å²) in [6.45, 7) is -1.06. The molecule has 2 heterocycles. The van der Waals surface area contributed by atoms with Crippen molar-refractivity contribution in [3.8, 4) is 23.0 Å². The number of hydrogen-bond acceptors (Lipinski definition) is 12. The van der Waals surface area contributed by atoms with E-state index in [1.54, 1.807) is 18.2 Å². The number of methoxy groups -OCH3 is 2. The SMILES string of the molecule is COc1cc([C@@H]2O[C@@H](c3ccc(O)c(OC)c3)[C@H](O[C@@H]3O[C@H](CO)[C@@H](O)[C@H](O)[C@H]3O)[C@H]2CO)ccc1O. The number of aromatic hydroxyl groups is 2. The van der Waals surface area contributed by atoms with Crippen molar-refractivity contribution in [1.82, 2.24) is 0 Å². The van der Waals surface area contributed by atoms with Gasteiger partial charge in [-0.2, -0.15) is 0 Å². The summed E-state index contributed by atoms with van der Waals surface area (Å²) in [5.74, 6) is -0.568. The van der Waals surface area contributed by atoms with Crippen molar-refractivity contribution in [3.05, 3.63) is 47.5 Å². The second-order valence-corrected chi connectivity index (χ2v) is 8.98. The predicted octanol–water partition coefficient (Wildman–Crippen LogP) is -0.279. The maximum absolute atomic E-state index is 10.6. The van der Waals surface area contributed by atoms with Gasteiger partial charge in [-0.25, -0.2) is 0 Å². The maximum Gasteiger partial charge on any atom is 0.187 e. The van der Waals surface area contributed by atoms with Gasteiger partial charge in [0.05, 0.1) is 39.6 Å². The molecule has 0 aromatic heterocycles. The molecular weight excluding hydrogens is 492 g/mol. The van der Waals surface area contributed by atoms with E-state index >= 15 is 0 Å². The van der Waals surface area contributed by atoms with E-state index in [1.165, 1.54) is 32.4 Å². The minimum absolute atomic E-state index is 0.0845. The summed E-state index contributed by atoms with van der Waals surface area (Å²) >= 11 is 0. The molecule has 204 valence electrons. The highest BCUT2D eigenvalue weighted by molar-refractivity contribution is 5.45. The van der Waals surface area contributed by atoms with Gasteiger partial charge in [-0.1, -0.05) is 12.1 Å². The number of rotatable bonds is 8. The second-order valence-electron chi connectivity index (χ2n) is 8.98. The number of phenols is 2. The summed E-state index contributed by atoms with van der Waals surface area (Å²) in [5.41, 5.74) is 1.07. The number of hydrogen-bond donors (Lipinski definition) is 7. The Balaban J connectivity index is 1.73. The highest BCUT2D eigenvalue weighted by Gasteiger charge is 2.51. The van der Waals surface area contributed by atoms with Crippen LogP contribution in [0, 0.1) is 5.92 Å².